The van der Waals surface area contributed by atoms with Crippen LogP contribution >= 0.6 is 11.8 Å². The van der Waals surface area contributed by atoms with Gasteiger partial charge in [-0.1, -0.05) is 0 Å². The highest BCUT2D eigenvalue weighted by Gasteiger charge is 2.13. The fourth-order valence-corrected chi connectivity index (χ4v) is 2.12. The van der Waals surface area contributed by atoms with Gasteiger partial charge in [-0.05, 0) is 24.3 Å². The first-order valence-electron chi connectivity index (χ1n) is 5.76. The molecular formula is C13H10N2O5S. The minimum atomic E-state index is -1.14. The van der Waals surface area contributed by atoms with Crippen molar-refractivity contribution in [1.29, 1.82) is 0 Å². The average molecular weight is 306 g/mol. The second-order valence-corrected chi connectivity index (χ2v) is 4.87. The van der Waals surface area contributed by atoms with Crippen LogP contribution in [0.3, 0.4) is 0 Å². The first-order valence-corrected chi connectivity index (χ1v) is 6.74. The van der Waals surface area contributed by atoms with E-state index in [1.54, 1.807) is 12.1 Å². The number of thioether (sulfide) groups is 1. The molecular weight excluding hydrogens is 296 g/mol. The molecule has 7 nitrogen and oxygen atoms in total. The van der Waals surface area contributed by atoms with E-state index in [0.717, 1.165) is 11.8 Å². The lowest BCUT2D eigenvalue weighted by Gasteiger charge is -2.03. The summed E-state index contributed by atoms with van der Waals surface area (Å²) >= 11 is 1.10. The van der Waals surface area contributed by atoms with Crippen molar-refractivity contribution >= 4 is 29.5 Å². The number of carbonyl (C=O) groups excluding carboxylic acids is 2. The normalized spacial score (nSPS) is 10.1. The van der Waals surface area contributed by atoms with E-state index in [0.29, 0.717) is 4.90 Å². The number of carbonyl (C=O) groups is 3. The first-order chi connectivity index (χ1) is 10.1. The molecule has 0 radical (unpaired) electrons. The Hall–Kier alpha value is -2.61. The summed E-state index contributed by atoms with van der Waals surface area (Å²) in [5.41, 5.74) is -0.105. The number of pyridine rings is 1. The Kier molecular flexibility index (Phi) is 4.72. The number of amides is 2. The van der Waals surface area contributed by atoms with E-state index >= 15 is 0 Å². The van der Waals surface area contributed by atoms with E-state index in [-0.39, 0.29) is 17.2 Å². The molecule has 21 heavy (non-hydrogen) atoms. The van der Waals surface area contributed by atoms with Crippen LogP contribution in [0.5, 0.6) is 0 Å². The fraction of sp³-hybridized carbons (Fsp3) is 0.0769. The van der Waals surface area contributed by atoms with Gasteiger partial charge >= 0.3 is 5.97 Å². The molecule has 0 aromatic carbocycles. The predicted octanol–water partition coefficient (Wildman–Crippen LogP) is 1.42. The zero-order valence-corrected chi connectivity index (χ0v) is 11.4. The van der Waals surface area contributed by atoms with E-state index in [1.807, 2.05) is 0 Å². The maximum atomic E-state index is 11.6. The van der Waals surface area contributed by atoms with Crippen molar-refractivity contribution < 1.29 is 23.9 Å². The first kappa shape index (κ1) is 14.8. The number of nitrogens with one attached hydrogen (secondary N) is 1. The molecule has 108 valence electrons. The van der Waals surface area contributed by atoms with Crippen LogP contribution in [0.4, 0.5) is 0 Å². The molecule has 0 atom stereocenters. The highest BCUT2D eigenvalue weighted by Crippen LogP contribution is 2.17. The lowest BCUT2D eigenvalue weighted by atomic mass is 10.3. The fourth-order valence-electron chi connectivity index (χ4n) is 1.40. The topological polar surface area (TPSA) is 110 Å². The Bertz CT molecular complexity index is 669. The molecule has 2 amide bonds. The van der Waals surface area contributed by atoms with Gasteiger partial charge < -0.3 is 9.52 Å². The van der Waals surface area contributed by atoms with Crippen LogP contribution in [-0.2, 0) is 4.79 Å². The van der Waals surface area contributed by atoms with Crippen molar-refractivity contribution in [3.05, 3.63) is 48.2 Å². The van der Waals surface area contributed by atoms with Crippen LogP contribution in [-0.4, -0.2) is 33.6 Å². The largest absolute Gasteiger partial charge is 0.477 e. The summed E-state index contributed by atoms with van der Waals surface area (Å²) in [5, 5.41) is 11.0. The van der Waals surface area contributed by atoms with Crippen LogP contribution in [0, 0.1) is 0 Å². The van der Waals surface area contributed by atoms with Crippen LogP contribution in [0.1, 0.15) is 21.0 Å². The van der Waals surface area contributed by atoms with Crippen molar-refractivity contribution in [2.24, 2.45) is 0 Å². The third-order valence-corrected chi connectivity index (χ3v) is 3.31. The zero-order chi connectivity index (χ0) is 15.2. The van der Waals surface area contributed by atoms with Gasteiger partial charge in [0.25, 0.3) is 5.91 Å². The number of hydrogen-bond acceptors (Lipinski definition) is 6. The minimum Gasteiger partial charge on any atom is -0.477 e. The van der Waals surface area contributed by atoms with Crippen molar-refractivity contribution in [3.63, 3.8) is 0 Å². The number of hydrogen-bond donors (Lipinski definition) is 2. The number of rotatable bonds is 5. The molecule has 2 aromatic heterocycles. The van der Waals surface area contributed by atoms with Crippen LogP contribution in [0.25, 0.3) is 0 Å². The summed E-state index contributed by atoms with van der Waals surface area (Å²) < 4.78 is 4.86. The molecule has 2 N–H and O–H groups in total. The monoisotopic (exact) mass is 306 g/mol. The van der Waals surface area contributed by atoms with E-state index in [9.17, 15) is 14.4 Å². The third-order valence-electron chi connectivity index (χ3n) is 2.32. The summed E-state index contributed by atoms with van der Waals surface area (Å²) in [6.45, 7) is 0. The average Bonchev–Trinajstić information content (AvgIpc) is 2.99. The molecule has 0 saturated heterocycles. The lowest BCUT2D eigenvalue weighted by molar-refractivity contribution is -0.117. The van der Waals surface area contributed by atoms with Crippen LogP contribution < -0.4 is 5.32 Å². The second-order valence-electron chi connectivity index (χ2n) is 3.83. The lowest BCUT2D eigenvalue weighted by Crippen LogP contribution is -2.31. The molecule has 0 saturated carbocycles. The SMILES string of the molecule is O=C(CSc1ccnc(C(=O)O)c1)NC(=O)c1ccco1. The van der Waals surface area contributed by atoms with E-state index in [4.69, 9.17) is 9.52 Å². The Morgan fingerprint density at radius 2 is 2.14 bits per heavy atom. The van der Waals surface area contributed by atoms with Crippen LogP contribution in [0.2, 0.25) is 0 Å². The predicted molar refractivity (Wildman–Crippen MR) is 73.1 cm³/mol. The van der Waals surface area contributed by atoms with Gasteiger partial charge in [-0.25, -0.2) is 9.78 Å². The highest BCUT2D eigenvalue weighted by molar-refractivity contribution is 8.00. The number of carboxylic acid groups (broad SMARTS) is 1. The van der Waals surface area contributed by atoms with Crippen molar-refractivity contribution in [1.82, 2.24) is 10.3 Å². The standard InChI is InChI=1S/C13H10N2O5S/c16-11(15-12(17)10-2-1-5-20-10)7-21-8-3-4-14-9(6-8)13(18)19/h1-6H,7H2,(H,18,19)(H,15,16,17). The summed E-state index contributed by atoms with van der Waals surface area (Å²) in [5.74, 6) is -2.25. The Balaban J connectivity index is 1.88. The summed E-state index contributed by atoms with van der Waals surface area (Å²) in [4.78, 5) is 38.2. The quantitative estimate of drug-likeness (QED) is 0.804. The molecule has 8 heteroatoms. The molecule has 2 heterocycles. The Morgan fingerprint density at radius 1 is 1.33 bits per heavy atom. The number of imide groups is 1. The van der Waals surface area contributed by atoms with Crippen molar-refractivity contribution in [2.75, 3.05) is 5.75 Å². The Labute approximate surface area is 123 Å². The third kappa shape index (κ3) is 4.18. The molecule has 0 bridgehead atoms. The molecule has 0 fully saturated rings. The Morgan fingerprint density at radius 3 is 2.81 bits per heavy atom. The molecule has 0 aliphatic carbocycles. The van der Waals surface area contributed by atoms with E-state index in [1.165, 1.54) is 24.6 Å². The van der Waals surface area contributed by atoms with E-state index < -0.39 is 17.8 Å². The molecule has 0 aliphatic rings. The highest BCUT2D eigenvalue weighted by atomic mass is 32.2. The second kappa shape index (κ2) is 6.71. The van der Waals surface area contributed by atoms with Gasteiger partial charge in [0.2, 0.25) is 5.91 Å². The van der Waals surface area contributed by atoms with Gasteiger partial charge in [0.15, 0.2) is 5.76 Å². The van der Waals surface area contributed by atoms with Gasteiger partial charge in [0.1, 0.15) is 5.69 Å². The smallest absolute Gasteiger partial charge is 0.354 e. The summed E-state index contributed by atoms with van der Waals surface area (Å²) in [6.07, 6.45) is 2.68. The van der Waals surface area contributed by atoms with Gasteiger partial charge in [-0.2, -0.15) is 0 Å². The molecule has 0 spiro atoms. The number of nitrogens with zero attached hydrogens (tertiary/aromatic N) is 1. The number of aromatic nitrogens is 1. The molecule has 2 aromatic rings. The maximum Gasteiger partial charge on any atom is 0.354 e. The maximum absolute atomic E-state index is 11.6. The number of aromatic carboxylic acids is 1. The number of carboxylic acids is 1. The van der Waals surface area contributed by atoms with Crippen LogP contribution in [0.15, 0.2) is 46.0 Å². The van der Waals surface area contributed by atoms with Gasteiger partial charge in [0.05, 0.1) is 12.0 Å². The molecule has 0 aliphatic heterocycles. The van der Waals surface area contributed by atoms with Gasteiger partial charge in [-0.3, -0.25) is 14.9 Å². The van der Waals surface area contributed by atoms with Crippen molar-refractivity contribution in [3.8, 4) is 0 Å². The molecule has 2 rings (SSSR count). The summed E-state index contributed by atoms with van der Waals surface area (Å²) in [7, 11) is 0. The number of furan rings is 1. The van der Waals surface area contributed by atoms with Crippen molar-refractivity contribution in [2.45, 2.75) is 4.90 Å². The van der Waals surface area contributed by atoms with Gasteiger partial charge in [-0.15, -0.1) is 11.8 Å². The molecule has 0 unspecified atom stereocenters. The van der Waals surface area contributed by atoms with E-state index in [2.05, 4.69) is 10.3 Å². The van der Waals surface area contributed by atoms with Gasteiger partial charge in [0, 0.05) is 11.1 Å². The summed E-state index contributed by atoms with van der Waals surface area (Å²) in [6, 6.07) is 5.92. The zero-order valence-electron chi connectivity index (χ0n) is 10.6. The minimum absolute atomic E-state index is 0.0322.